The largest absolute Gasteiger partial charge is 0.350 e. The van der Waals surface area contributed by atoms with Crippen LogP contribution in [0.4, 0.5) is 5.13 Å². The van der Waals surface area contributed by atoms with Crippen LogP contribution in [0.5, 0.6) is 0 Å². The van der Waals surface area contributed by atoms with Gasteiger partial charge in [0.2, 0.25) is 11.8 Å². The van der Waals surface area contributed by atoms with Gasteiger partial charge in [0.05, 0.1) is 35.1 Å². The molecule has 3 heterocycles. The monoisotopic (exact) mass is 415 g/mol. The molecule has 0 aromatic carbocycles. The topological polar surface area (TPSA) is 97.2 Å². The highest BCUT2D eigenvalue weighted by atomic mass is 32.1. The molecule has 0 bridgehead atoms. The summed E-state index contributed by atoms with van der Waals surface area (Å²) in [7, 11) is 0. The average Bonchev–Trinajstić information content (AvgIpc) is 3.36. The van der Waals surface area contributed by atoms with Gasteiger partial charge in [0, 0.05) is 32.1 Å². The molecule has 2 aliphatic rings. The van der Waals surface area contributed by atoms with Gasteiger partial charge < -0.3 is 9.88 Å². The van der Waals surface area contributed by atoms with Crippen molar-refractivity contribution in [3.63, 3.8) is 0 Å². The highest BCUT2D eigenvalue weighted by Crippen LogP contribution is 2.40. The Labute approximate surface area is 173 Å². The van der Waals surface area contributed by atoms with Gasteiger partial charge in [-0.1, -0.05) is 25.2 Å². The molecule has 2 aromatic rings. The van der Waals surface area contributed by atoms with E-state index in [9.17, 15) is 14.4 Å². The quantitative estimate of drug-likeness (QED) is 0.807. The Morgan fingerprint density at radius 1 is 1.34 bits per heavy atom. The molecule has 0 spiro atoms. The molecule has 1 atom stereocenters. The Kier molecular flexibility index (Phi) is 5.02. The van der Waals surface area contributed by atoms with Crippen LogP contribution < -0.4 is 10.2 Å². The molecule has 2 amide bonds. The van der Waals surface area contributed by atoms with Crippen LogP contribution in [0.2, 0.25) is 0 Å². The summed E-state index contributed by atoms with van der Waals surface area (Å²) in [5.41, 5.74) is 1.45. The number of hydrogen-bond acceptors (Lipinski definition) is 6. The van der Waals surface area contributed by atoms with Gasteiger partial charge in [-0.3, -0.25) is 19.3 Å². The molecule has 1 aliphatic carbocycles. The number of amides is 2. The summed E-state index contributed by atoms with van der Waals surface area (Å²) in [5.74, 6) is -0.625. The summed E-state index contributed by atoms with van der Waals surface area (Å²) < 4.78 is 1.94. The van der Waals surface area contributed by atoms with Gasteiger partial charge in [0.25, 0.3) is 0 Å². The molecular weight excluding hydrogens is 390 g/mol. The van der Waals surface area contributed by atoms with Gasteiger partial charge in [-0.15, -0.1) is 0 Å². The number of aromatic nitrogens is 3. The second-order valence-corrected chi connectivity index (χ2v) is 9.51. The summed E-state index contributed by atoms with van der Waals surface area (Å²) in [6.07, 6.45) is 4.99. The number of aryl methyl sites for hydroxylation is 1. The standard InChI is InChI=1S/C20H25N5O3S/c1-4-24-10-13(22-11-24)8-21-18(28)12-5-16(27)25(9-12)19-23-14-6-20(2,3)7-15(26)17(14)29-19/h10-12H,4-9H2,1-3H3,(H,21,28). The lowest BCUT2D eigenvalue weighted by Gasteiger charge is -2.26. The van der Waals surface area contributed by atoms with Crippen molar-refractivity contribution in [3.05, 3.63) is 28.8 Å². The fourth-order valence-electron chi connectivity index (χ4n) is 3.88. The smallest absolute Gasteiger partial charge is 0.229 e. The van der Waals surface area contributed by atoms with Crippen molar-refractivity contribution in [1.82, 2.24) is 19.9 Å². The molecule has 154 valence electrons. The minimum atomic E-state index is -0.427. The number of carbonyl (C=O) groups is 3. The van der Waals surface area contributed by atoms with Crippen LogP contribution in [0.25, 0.3) is 0 Å². The Balaban J connectivity index is 1.42. The van der Waals surface area contributed by atoms with Crippen LogP contribution in [0.3, 0.4) is 0 Å². The first-order valence-electron chi connectivity index (χ1n) is 9.87. The van der Waals surface area contributed by atoms with Gasteiger partial charge in [-0.05, 0) is 18.8 Å². The molecule has 9 heteroatoms. The first kappa shape index (κ1) is 19.8. The number of imidazole rings is 1. The predicted octanol–water partition coefficient (Wildman–Crippen LogP) is 2.18. The maximum atomic E-state index is 12.6. The van der Waals surface area contributed by atoms with Crippen molar-refractivity contribution < 1.29 is 14.4 Å². The zero-order chi connectivity index (χ0) is 20.8. The van der Waals surface area contributed by atoms with Gasteiger partial charge >= 0.3 is 0 Å². The van der Waals surface area contributed by atoms with Crippen LogP contribution in [0.15, 0.2) is 12.5 Å². The molecule has 1 aliphatic heterocycles. The number of hydrogen-bond donors (Lipinski definition) is 1. The number of thiazole rings is 1. The van der Waals surface area contributed by atoms with E-state index in [-0.39, 0.29) is 36.0 Å². The Bertz CT molecular complexity index is 977. The summed E-state index contributed by atoms with van der Waals surface area (Å²) in [6, 6.07) is 0. The normalized spacial score (nSPS) is 20.8. The maximum absolute atomic E-state index is 12.6. The number of ketones is 1. The van der Waals surface area contributed by atoms with E-state index in [2.05, 4.69) is 29.1 Å². The third kappa shape index (κ3) is 3.96. The van der Waals surface area contributed by atoms with Crippen LogP contribution in [-0.4, -0.2) is 38.7 Å². The molecule has 1 fully saturated rings. The van der Waals surface area contributed by atoms with Gasteiger partial charge in [-0.25, -0.2) is 9.97 Å². The number of rotatable bonds is 5. The van der Waals surface area contributed by atoms with Crippen LogP contribution in [-0.2, 0) is 29.1 Å². The highest BCUT2D eigenvalue weighted by molar-refractivity contribution is 7.17. The average molecular weight is 416 g/mol. The Hall–Kier alpha value is -2.55. The molecule has 29 heavy (non-hydrogen) atoms. The van der Waals surface area contributed by atoms with Gasteiger partial charge in [0.1, 0.15) is 0 Å². The van der Waals surface area contributed by atoms with E-state index in [1.165, 1.54) is 11.3 Å². The van der Waals surface area contributed by atoms with Crippen molar-refractivity contribution in [1.29, 1.82) is 0 Å². The van der Waals surface area contributed by atoms with Crippen molar-refractivity contribution in [2.45, 2.75) is 53.1 Å². The maximum Gasteiger partial charge on any atom is 0.229 e. The number of carbonyl (C=O) groups excluding carboxylic acids is 3. The lowest BCUT2D eigenvalue weighted by Crippen LogP contribution is -2.32. The van der Waals surface area contributed by atoms with E-state index in [0.717, 1.165) is 24.4 Å². The summed E-state index contributed by atoms with van der Waals surface area (Å²) >= 11 is 1.27. The lowest BCUT2D eigenvalue weighted by molar-refractivity contribution is -0.126. The van der Waals surface area contributed by atoms with Crippen LogP contribution in [0.1, 0.15) is 54.7 Å². The second-order valence-electron chi connectivity index (χ2n) is 8.53. The van der Waals surface area contributed by atoms with E-state index in [1.807, 2.05) is 17.7 Å². The summed E-state index contributed by atoms with van der Waals surface area (Å²) in [5, 5.41) is 3.40. The third-order valence-corrected chi connectivity index (χ3v) is 6.61. The number of nitrogens with one attached hydrogen (secondary N) is 1. The van der Waals surface area contributed by atoms with Crippen molar-refractivity contribution in [2.75, 3.05) is 11.4 Å². The lowest BCUT2D eigenvalue weighted by atomic mass is 9.78. The Morgan fingerprint density at radius 3 is 2.86 bits per heavy atom. The van der Waals surface area contributed by atoms with Gasteiger partial charge in [-0.2, -0.15) is 0 Å². The van der Waals surface area contributed by atoms with Crippen molar-refractivity contribution in [2.24, 2.45) is 11.3 Å². The molecule has 8 nitrogen and oxygen atoms in total. The highest BCUT2D eigenvalue weighted by Gasteiger charge is 2.39. The molecule has 2 aromatic heterocycles. The summed E-state index contributed by atoms with van der Waals surface area (Å²) in [4.78, 5) is 48.6. The SMILES string of the molecule is CCn1cnc(CNC(=O)C2CC(=O)N(c3nc4c(s3)C(=O)CC(C)(C)C4)C2)c1. The van der Waals surface area contributed by atoms with Crippen molar-refractivity contribution >= 4 is 34.1 Å². The van der Waals surface area contributed by atoms with Crippen molar-refractivity contribution in [3.8, 4) is 0 Å². The van der Waals surface area contributed by atoms with Crippen LogP contribution >= 0.6 is 11.3 Å². The molecule has 0 saturated carbocycles. The Morgan fingerprint density at radius 2 is 2.14 bits per heavy atom. The van der Waals surface area contributed by atoms with E-state index >= 15 is 0 Å². The minimum Gasteiger partial charge on any atom is -0.350 e. The third-order valence-electron chi connectivity index (χ3n) is 5.45. The number of Topliss-reactive ketones (excluding diaryl/α,β-unsaturated/α-hetero) is 1. The number of anilines is 1. The summed E-state index contributed by atoms with van der Waals surface area (Å²) in [6.45, 7) is 7.58. The predicted molar refractivity (Wildman–Crippen MR) is 109 cm³/mol. The first-order chi connectivity index (χ1) is 13.8. The minimum absolute atomic E-state index is 0.0902. The number of fused-ring (bicyclic) bond motifs is 1. The van der Waals surface area contributed by atoms with E-state index < -0.39 is 5.92 Å². The van der Waals surface area contributed by atoms with E-state index in [0.29, 0.717) is 23.0 Å². The van der Waals surface area contributed by atoms with E-state index in [1.54, 1.807) is 11.2 Å². The van der Waals surface area contributed by atoms with E-state index in [4.69, 9.17) is 0 Å². The first-order valence-corrected chi connectivity index (χ1v) is 10.7. The zero-order valence-electron chi connectivity index (χ0n) is 16.9. The fourth-order valence-corrected chi connectivity index (χ4v) is 4.93. The molecule has 1 saturated heterocycles. The zero-order valence-corrected chi connectivity index (χ0v) is 17.7. The van der Waals surface area contributed by atoms with Gasteiger partial charge in [0.15, 0.2) is 10.9 Å². The molecule has 1 unspecified atom stereocenters. The molecule has 0 radical (unpaired) electrons. The molecule has 4 rings (SSSR count). The fraction of sp³-hybridized carbons (Fsp3) is 0.550. The number of nitrogens with zero attached hydrogens (tertiary/aromatic N) is 4. The van der Waals surface area contributed by atoms with Crippen LogP contribution in [0, 0.1) is 11.3 Å². The molecular formula is C20H25N5O3S. The molecule has 1 N–H and O–H groups in total. The second kappa shape index (κ2) is 7.37.